The van der Waals surface area contributed by atoms with E-state index in [0.717, 1.165) is 12.0 Å². The highest BCUT2D eigenvalue weighted by Crippen LogP contribution is 2.27. The molecule has 0 radical (unpaired) electrons. The predicted molar refractivity (Wildman–Crippen MR) is 90.4 cm³/mol. The fraction of sp³-hybridized carbons (Fsp3) is 0.278. The molecule has 0 saturated carbocycles. The molecule has 0 atom stereocenters. The minimum atomic E-state index is -0.858. The number of nitrogens with one attached hydrogen (secondary N) is 1. The SMILES string of the molecule is CCCOc1ccc(CCC(=O)O)cc1NC(=O)c1ccncc1. The highest BCUT2D eigenvalue weighted by Gasteiger charge is 2.11. The van der Waals surface area contributed by atoms with Gasteiger partial charge in [0.15, 0.2) is 0 Å². The molecule has 1 heterocycles. The Kier molecular flexibility index (Phi) is 6.31. The van der Waals surface area contributed by atoms with Gasteiger partial charge in [-0.25, -0.2) is 0 Å². The number of aromatic nitrogens is 1. The van der Waals surface area contributed by atoms with Gasteiger partial charge in [-0.2, -0.15) is 0 Å². The number of amides is 1. The lowest BCUT2D eigenvalue weighted by molar-refractivity contribution is -0.136. The number of aryl methyl sites for hydroxylation is 1. The molecular formula is C18H20N2O4. The van der Waals surface area contributed by atoms with Gasteiger partial charge in [-0.05, 0) is 42.7 Å². The third kappa shape index (κ3) is 5.08. The van der Waals surface area contributed by atoms with Crippen molar-refractivity contribution in [1.29, 1.82) is 0 Å². The highest BCUT2D eigenvalue weighted by molar-refractivity contribution is 6.05. The monoisotopic (exact) mass is 328 g/mol. The molecule has 0 aliphatic heterocycles. The van der Waals surface area contributed by atoms with Crippen LogP contribution < -0.4 is 10.1 Å². The van der Waals surface area contributed by atoms with Crippen molar-refractivity contribution < 1.29 is 19.4 Å². The molecule has 1 amide bonds. The molecule has 24 heavy (non-hydrogen) atoms. The van der Waals surface area contributed by atoms with Gasteiger partial charge >= 0.3 is 5.97 Å². The molecule has 0 fully saturated rings. The van der Waals surface area contributed by atoms with Crippen molar-refractivity contribution in [3.05, 3.63) is 53.9 Å². The normalized spacial score (nSPS) is 10.2. The molecule has 6 nitrogen and oxygen atoms in total. The number of aliphatic carboxylic acids is 1. The topological polar surface area (TPSA) is 88.5 Å². The third-order valence-electron chi connectivity index (χ3n) is 3.32. The Morgan fingerprint density at radius 3 is 2.62 bits per heavy atom. The molecule has 2 rings (SSSR count). The summed E-state index contributed by atoms with van der Waals surface area (Å²) in [5, 5.41) is 11.6. The maximum absolute atomic E-state index is 12.3. The van der Waals surface area contributed by atoms with E-state index in [-0.39, 0.29) is 12.3 Å². The van der Waals surface area contributed by atoms with Gasteiger partial charge < -0.3 is 15.2 Å². The zero-order valence-corrected chi connectivity index (χ0v) is 13.5. The lowest BCUT2D eigenvalue weighted by Gasteiger charge is -2.14. The van der Waals surface area contributed by atoms with Gasteiger partial charge in [0.1, 0.15) is 5.75 Å². The second-order valence-electron chi connectivity index (χ2n) is 5.26. The van der Waals surface area contributed by atoms with E-state index in [0.29, 0.717) is 30.0 Å². The first-order chi connectivity index (χ1) is 11.6. The first-order valence-electron chi connectivity index (χ1n) is 7.79. The Morgan fingerprint density at radius 1 is 1.21 bits per heavy atom. The summed E-state index contributed by atoms with van der Waals surface area (Å²) < 4.78 is 5.66. The number of carbonyl (C=O) groups excluding carboxylic acids is 1. The molecule has 2 aromatic rings. The number of carboxylic acids is 1. The highest BCUT2D eigenvalue weighted by atomic mass is 16.5. The van der Waals surface area contributed by atoms with Crippen molar-refractivity contribution in [3.8, 4) is 5.75 Å². The standard InChI is InChI=1S/C18H20N2O4/c1-2-11-24-16-5-3-13(4-6-17(21)22)12-15(16)20-18(23)14-7-9-19-10-8-14/h3,5,7-10,12H,2,4,6,11H2,1H3,(H,20,23)(H,21,22). The Morgan fingerprint density at radius 2 is 1.96 bits per heavy atom. The second kappa shape index (κ2) is 8.67. The van der Waals surface area contributed by atoms with Crippen molar-refractivity contribution in [2.75, 3.05) is 11.9 Å². The average molecular weight is 328 g/mol. The van der Waals surface area contributed by atoms with Gasteiger partial charge in [0.2, 0.25) is 0 Å². The van der Waals surface area contributed by atoms with Gasteiger partial charge in [0, 0.05) is 24.4 Å². The van der Waals surface area contributed by atoms with Crippen LogP contribution in [0.3, 0.4) is 0 Å². The Bertz CT molecular complexity index is 701. The minimum Gasteiger partial charge on any atom is -0.491 e. The van der Waals surface area contributed by atoms with Crippen LogP contribution in [0.2, 0.25) is 0 Å². The number of hydrogen-bond acceptors (Lipinski definition) is 4. The molecule has 126 valence electrons. The van der Waals surface area contributed by atoms with E-state index in [1.54, 1.807) is 36.7 Å². The maximum atomic E-state index is 12.3. The smallest absolute Gasteiger partial charge is 0.303 e. The molecule has 0 saturated heterocycles. The molecule has 0 spiro atoms. The van der Waals surface area contributed by atoms with Crippen molar-refractivity contribution in [1.82, 2.24) is 4.98 Å². The fourth-order valence-corrected chi connectivity index (χ4v) is 2.12. The van der Waals surface area contributed by atoms with Gasteiger partial charge in [-0.15, -0.1) is 0 Å². The minimum absolute atomic E-state index is 0.0346. The molecule has 0 bridgehead atoms. The molecule has 0 aliphatic carbocycles. The fourth-order valence-electron chi connectivity index (χ4n) is 2.12. The number of carbonyl (C=O) groups is 2. The number of benzene rings is 1. The van der Waals surface area contributed by atoms with Gasteiger partial charge in [0.25, 0.3) is 5.91 Å². The van der Waals surface area contributed by atoms with Crippen molar-refractivity contribution in [2.24, 2.45) is 0 Å². The van der Waals surface area contributed by atoms with Crippen LogP contribution >= 0.6 is 0 Å². The van der Waals surface area contributed by atoms with E-state index in [4.69, 9.17) is 9.84 Å². The van der Waals surface area contributed by atoms with Crippen LogP contribution in [0.4, 0.5) is 5.69 Å². The third-order valence-corrected chi connectivity index (χ3v) is 3.32. The van der Waals surface area contributed by atoms with Crippen LogP contribution in [0.5, 0.6) is 5.75 Å². The summed E-state index contributed by atoms with van der Waals surface area (Å²) in [4.78, 5) is 26.9. The maximum Gasteiger partial charge on any atom is 0.303 e. The van der Waals surface area contributed by atoms with Crippen molar-refractivity contribution in [3.63, 3.8) is 0 Å². The second-order valence-corrected chi connectivity index (χ2v) is 5.26. The number of anilines is 1. The number of hydrogen-bond donors (Lipinski definition) is 2. The van der Waals surface area contributed by atoms with Gasteiger partial charge in [0.05, 0.1) is 12.3 Å². The Hall–Kier alpha value is -2.89. The zero-order valence-electron chi connectivity index (χ0n) is 13.5. The summed E-state index contributed by atoms with van der Waals surface area (Å²) in [6.45, 7) is 2.53. The van der Waals surface area contributed by atoms with Gasteiger partial charge in [-0.3, -0.25) is 14.6 Å². The van der Waals surface area contributed by atoms with Crippen LogP contribution in [-0.2, 0) is 11.2 Å². The van der Waals surface area contributed by atoms with Crippen molar-refractivity contribution in [2.45, 2.75) is 26.2 Å². The van der Waals surface area contributed by atoms with E-state index >= 15 is 0 Å². The summed E-state index contributed by atoms with van der Waals surface area (Å²) in [5.74, 6) is -0.559. The number of rotatable bonds is 8. The first kappa shape index (κ1) is 17.5. The van der Waals surface area contributed by atoms with E-state index in [1.165, 1.54) is 0 Å². The number of ether oxygens (including phenoxy) is 1. The molecule has 0 aliphatic rings. The summed E-state index contributed by atoms with van der Waals surface area (Å²) in [6.07, 6.45) is 4.37. The number of carboxylic acid groups (broad SMARTS) is 1. The lowest BCUT2D eigenvalue weighted by atomic mass is 10.1. The summed E-state index contributed by atoms with van der Waals surface area (Å²) in [7, 11) is 0. The average Bonchev–Trinajstić information content (AvgIpc) is 2.59. The van der Waals surface area contributed by atoms with E-state index in [9.17, 15) is 9.59 Å². The quantitative estimate of drug-likeness (QED) is 0.777. The lowest BCUT2D eigenvalue weighted by Crippen LogP contribution is -2.13. The molecule has 1 aromatic carbocycles. The van der Waals surface area contributed by atoms with E-state index in [1.807, 2.05) is 13.0 Å². The predicted octanol–water partition coefficient (Wildman–Crippen LogP) is 3.14. The van der Waals surface area contributed by atoms with Gasteiger partial charge in [-0.1, -0.05) is 13.0 Å². The number of nitrogens with zero attached hydrogens (tertiary/aromatic N) is 1. The summed E-state index contributed by atoms with van der Waals surface area (Å²) in [5.41, 5.74) is 1.85. The van der Waals surface area contributed by atoms with E-state index in [2.05, 4.69) is 10.3 Å². The van der Waals surface area contributed by atoms with E-state index < -0.39 is 5.97 Å². The molecule has 1 aromatic heterocycles. The largest absolute Gasteiger partial charge is 0.491 e. The summed E-state index contributed by atoms with van der Waals surface area (Å²) in [6, 6.07) is 8.57. The molecule has 6 heteroatoms. The Labute approximate surface area is 140 Å². The zero-order chi connectivity index (χ0) is 17.4. The van der Waals surface area contributed by atoms with Crippen LogP contribution in [0.25, 0.3) is 0 Å². The molecule has 0 unspecified atom stereocenters. The Balaban J connectivity index is 2.20. The summed E-state index contributed by atoms with van der Waals surface area (Å²) >= 11 is 0. The van der Waals surface area contributed by atoms with Crippen LogP contribution in [0.1, 0.15) is 35.7 Å². The number of pyridine rings is 1. The van der Waals surface area contributed by atoms with Crippen LogP contribution in [0.15, 0.2) is 42.7 Å². The molecule has 2 N–H and O–H groups in total. The van der Waals surface area contributed by atoms with Crippen LogP contribution in [-0.4, -0.2) is 28.6 Å². The molecular weight excluding hydrogens is 308 g/mol. The van der Waals surface area contributed by atoms with Crippen molar-refractivity contribution >= 4 is 17.6 Å². The first-order valence-corrected chi connectivity index (χ1v) is 7.79. The van der Waals surface area contributed by atoms with Crippen LogP contribution in [0, 0.1) is 0 Å².